The van der Waals surface area contributed by atoms with Crippen molar-refractivity contribution in [3.63, 3.8) is 0 Å². The molecule has 1 unspecified atom stereocenters. The molecule has 32 heavy (non-hydrogen) atoms. The first kappa shape index (κ1) is 21.2. The summed E-state index contributed by atoms with van der Waals surface area (Å²) in [5, 5.41) is 17.4. The maximum Gasteiger partial charge on any atom is 0.415 e. The molecule has 0 bridgehead atoms. The van der Waals surface area contributed by atoms with Gasteiger partial charge in [0.2, 0.25) is 11.6 Å². The van der Waals surface area contributed by atoms with Crippen LogP contribution < -0.4 is 15.0 Å². The van der Waals surface area contributed by atoms with Crippen LogP contribution in [0.3, 0.4) is 0 Å². The highest BCUT2D eigenvalue weighted by Gasteiger charge is 2.36. The number of nitrogens with one attached hydrogen (secondary N) is 1. The Morgan fingerprint density at radius 1 is 1.19 bits per heavy atom. The molecule has 1 N–H and O–H groups in total. The predicted octanol–water partition coefficient (Wildman–Crippen LogP) is 0.856. The molecule has 3 aromatic rings. The van der Waals surface area contributed by atoms with Gasteiger partial charge in [0, 0.05) is 12.3 Å². The van der Waals surface area contributed by atoms with Crippen molar-refractivity contribution in [2.45, 2.75) is 22.9 Å². The Labute approximate surface area is 181 Å². The van der Waals surface area contributed by atoms with Crippen LogP contribution in [0.25, 0.3) is 0 Å². The Balaban J connectivity index is 1.49. The smallest absolute Gasteiger partial charge is 0.415 e. The molecule has 11 nitrogen and oxygen atoms in total. The molecule has 0 amide bonds. The molecule has 1 aliphatic rings. The zero-order valence-corrected chi connectivity index (χ0v) is 17.4. The van der Waals surface area contributed by atoms with Crippen molar-refractivity contribution in [1.82, 2.24) is 15.5 Å². The van der Waals surface area contributed by atoms with Gasteiger partial charge in [-0.05, 0) is 36.1 Å². The number of allylic oxidation sites excluding steroid dienone is 2. The highest BCUT2D eigenvalue weighted by Crippen LogP contribution is 2.25. The molecule has 0 saturated carbocycles. The van der Waals surface area contributed by atoms with Crippen molar-refractivity contribution in [2.24, 2.45) is 0 Å². The lowest BCUT2D eigenvalue weighted by Crippen LogP contribution is -2.35. The van der Waals surface area contributed by atoms with Crippen molar-refractivity contribution >= 4 is 21.4 Å². The van der Waals surface area contributed by atoms with Crippen LogP contribution >= 0.6 is 0 Å². The first-order valence-corrected chi connectivity index (χ1v) is 10.8. The minimum absolute atomic E-state index is 0.00299. The van der Waals surface area contributed by atoms with Gasteiger partial charge in [0.1, 0.15) is 11.8 Å². The molecule has 1 atom stereocenters. The summed E-state index contributed by atoms with van der Waals surface area (Å²) in [5.41, 5.74) is 0.295. The van der Waals surface area contributed by atoms with Crippen LogP contribution in [0.1, 0.15) is 27.8 Å². The molecule has 164 valence electrons. The number of sulfone groups is 1. The predicted molar refractivity (Wildman–Crippen MR) is 106 cm³/mol. The molecular weight excluding hydrogens is 440 g/mol. The van der Waals surface area contributed by atoms with Gasteiger partial charge in [0.25, 0.3) is 9.84 Å². The van der Waals surface area contributed by atoms with E-state index in [4.69, 9.17) is 4.74 Å². The van der Waals surface area contributed by atoms with E-state index in [1.54, 1.807) is 19.1 Å². The minimum atomic E-state index is -4.26. The van der Waals surface area contributed by atoms with Gasteiger partial charge < -0.3 is 15.3 Å². The van der Waals surface area contributed by atoms with Crippen LogP contribution in [0.2, 0.25) is 0 Å². The van der Waals surface area contributed by atoms with Crippen molar-refractivity contribution in [1.29, 1.82) is 0 Å². The number of hydrogen-bond donors (Lipinski definition) is 1. The highest BCUT2D eigenvalue weighted by atomic mass is 32.2. The number of aromatic nitrogens is 3. The van der Waals surface area contributed by atoms with E-state index in [1.165, 1.54) is 36.5 Å². The quantitative estimate of drug-likeness (QED) is 0.506. The van der Waals surface area contributed by atoms with Gasteiger partial charge in [-0.1, -0.05) is 18.2 Å². The summed E-state index contributed by atoms with van der Waals surface area (Å²) < 4.78 is 35.5. The normalized spacial score (nSPS) is 14.5. The molecule has 0 spiro atoms. The lowest BCUT2D eigenvalue weighted by atomic mass is 9.97. The van der Waals surface area contributed by atoms with Gasteiger partial charge in [0.05, 0.1) is 27.9 Å². The van der Waals surface area contributed by atoms with E-state index in [1.807, 2.05) is 0 Å². The zero-order chi connectivity index (χ0) is 22.9. The molecule has 4 rings (SSSR count). The first-order chi connectivity index (χ1) is 15.3. The second kappa shape index (κ2) is 8.23. The van der Waals surface area contributed by atoms with Crippen molar-refractivity contribution in [2.75, 3.05) is 6.54 Å². The van der Waals surface area contributed by atoms with E-state index >= 15 is 0 Å². The number of hydrogen-bond acceptors (Lipinski definition) is 10. The molecule has 2 heterocycles. The number of rotatable bonds is 7. The lowest BCUT2D eigenvalue weighted by molar-refractivity contribution is -0.832. The monoisotopic (exact) mass is 456 g/mol. The second-order valence-electron chi connectivity index (χ2n) is 6.82. The largest absolute Gasteiger partial charge is 0.450 e. The van der Waals surface area contributed by atoms with Crippen LogP contribution in [0, 0.1) is 5.21 Å². The summed E-state index contributed by atoms with van der Waals surface area (Å²) in [6.07, 6.45) is 1.80. The van der Waals surface area contributed by atoms with E-state index < -0.39 is 38.4 Å². The Morgan fingerprint density at radius 2 is 1.94 bits per heavy atom. The Hall–Kier alpha value is -4.06. The molecule has 2 aromatic heterocycles. The Kier molecular flexibility index (Phi) is 5.45. The van der Waals surface area contributed by atoms with Gasteiger partial charge in [-0.25, -0.2) is 8.42 Å². The third-order valence-electron chi connectivity index (χ3n) is 4.55. The number of fused-ring (bicyclic) bond motifs is 1. The Morgan fingerprint density at radius 3 is 2.69 bits per heavy atom. The summed E-state index contributed by atoms with van der Waals surface area (Å²) in [6, 6.07) is 10.3. The SMILES string of the molecule is CC(CNC1=CC(=O)c2ncccc2C1=O)Oc1no[n+]([O-])c1S(=O)(=O)c1ccccc1. The lowest BCUT2D eigenvalue weighted by Gasteiger charge is -2.18. The van der Waals surface area contributed by atoms with Crippen LogP contribution in [0.4, 0.5) is 0 Å². The van der Waals surface area contributed by atoms with Crippen LogP contribution in [-0.4, -0.2) is 42.8 Å². The summed E-state index contributed by atoms with van der Waals surface area (Å²) in [6.45, 7) is 1.55. The summed E-state index contributed by atoms with van der Waals surface area (Å²) in [7, 11) is -4.26. The minimum Gasteiger partial charge on any atom is -0.450 e. The topological polar surface area (TPSA) is 155 Å². The Bertz CT molecular complexity index is 1330. The van der Waals surface area contributed by atoms with Gasteiger partial charge in [-0.15, -0.1) is 0 Å². The number of carbonyl (C=O) groups excluding carboxylic acids is 2. The molecule has 0 radical (unpaired) electrons. The van der Waals surface area contributed by atoms with Gasteiger partial charge in [0.15, 0.2) is 0 Å². The molecule has 0 aliphatic heterocycles. The number of carbonyl (C=O) groups is 2. The second-order valence-corrected chi connectivity index (χ2v) is 8.68. The number of nitrogens with zero attached hydrogens (tertiary/aromatic N) is 3. The van der Waals surface area contributed by atoms with E-state index in [-0.39, 0.29) is 33.3 Å². The summed E-state index contributed by atoms with van der Waals surface area (Å²) >= 11 is 0. The maximum atomic E-state index is 12.8. The summed E-state index contributed by atoms with van der Waals surface area (Å²) in [4.78, 5) is 28.3. The third kappa shape index (κ3) is 3.83. The van der Waals surface area contributed by atoms with Crippen molar-refractivity contribution in [3.8, 4) is 5.88 Å². The molecule has 0 saturated heterocycles. The van der Waals surface area contributed by atoms with E-state index in [0.29, 0.717) is 0 Å². The first-order valence-electron chi connectivity index (χ1n) is 9.35. The number of ketones is 2. The van der Waals surface area contributed by atoms with Gasteiger partial charge in [-0.2, -0.15) is 0 Å². The standard InChI is InChI=1S/C20H16N4O7S/c1-12(11-22-15-10-16(25)17-14(18(15)26)8-5-9-21-17)30-19-20(24(27)31-23-19)32(28,29)13-6-3-2-4-7-13/h2-10,12,22H,11H2,1H3. The molecule has 0 fully saturated rings. The van der Waals surface area contributed by atoms with Crippen LogP contribution in [0.15, 0.2) is 75.0 Å². The molecule has 1 aliphatic carbocycles. The number of Topliss-reactive ketones (excluding diaryl/α,β-unsaturated/α-hetero) is 1. The number of pyridine rings is 1. The van der Waals surface area contributed by atoms with E-state index in [0.717, 1.165) is 6.08 Å². The molecular formula is C20H16N4O7S. The zero-order valence-electron chi connectivity index (χ0n) is 16.6. The van der Waals surface area contributed by atoms with Crippen LogP contribution in [-0.2, 0) is 9.84 Å². The van der Waals surface area contributed by atoms with E-state index in [2.05, 4.69) is 20.1 Å². The fourth-order valence-corrected chi connectivity index (χ4v) is 4.32. The summed E-state index contributed by atoms with van der Waals surface area (Å²) in [5.74, 6) is -1.35. The molecule has 1 aromatic carbocycles. The average Bonchev–Trinajstić information content (AvgIpc) is 3.16. The fourth-order valence-electron chi connectivity index (χ4n) is 3.04. The highest BCUT2D eigenvalue weighted by molar-refractivity contribution is 7.91. The third-order valence-corrected chi connectivity index (χ3v) is 6.28. The van der Waals surface area contributed by atoms with Gasteiger partial charge >= 0.3 is 10.9 Å². The van der Waals surface area contributed by atoms with Crippen LogP contribution in [0.5, 0.6) is 5.88 Å². The van der Waals surface area contributed by atoms with E-state index in [9.17, 15) is 23.2 Å². The maximum absolute atomic E-state index is 12.8. The average molecular weight is 456 g/mol. The van der Waals surface area contributed by atoms with Crippen molar-refractivity contribution in [3.05, 3.63) is 76.9 Å². The van der Waals surface area contributed by atoms with Gasteiger partial charge in [-0.3, -0.25) is 19.2 Å². The molecule has 12 heteroatoms. The fraction of sp³-hybridized carbons (Fsp3) is 0.150. The van der Waals surface area contributed by atoms with Crippen molar-refractivity contribution < 1.29 is 32.3 Å². The number of benzene rings is 1. The number of ether oxygens (including phenoxy) is 1.